The molecule has 0 saturated heterocycles. The lowest BCUT2D eigenvalue weighted by Gasteiger charge is -2.22. The molecule has 6 nitrogen and oxygen atoms in total. The zero-order valence-corrected chi connectivity index (χ0v) is 21.9. The summed E-state index contributed by atoms with van der Waals surface area (Å²) in [5.74, 6) is 1.21. The Balaban J connectivity index is 1.77. The van der Waals surface area contributed by atoms with Crippen molar-refractivity contribution in [3.63, 3.8) is 0 Å². The summed E-state index contributed by atoms with van der Waals surface area (Å²) < 4.78 is 1.83. The molecular formula is C28H42N4O2. The predicted octanol–water partition coefficient (Wildman–Crippen LogP) is 5.93. The van der Waals surface area contributed by atoms with Crippen LogP contribution in [0.5, 0.6) is 0 Å². The van der Waals surface area contributed by atoms with Crippen LogP contribution in [-0.2, 0) is 15.0 Å². The lowest BCUT2D eigenvalue weighted by molar-refractivity contribution is -0.135. The topological polar surface area (TPSA) is 67.2 Å². The second kappa shape index (κ2) is 11.2. The van der Waals surface area contributed by atoms with Crippen molar-refractivity contribution < 1.29 is 9.59 Å². The molecule has 1 saturated carbocycles. The second-order valence-corrected chi connectivity index (χ2v) is 10.8. The van der Waals surface area contributed by atoms with Crippen molar-refractivity contribution in [1.82, 2.24) is 14.7 Å². The van der Waals surface area contributed by atoms with Gasteiger partial charge in [0.1, 0.15) is 5.82 Å². The number of hydrogen-bond donors (Lipinski definition) is 1. The standard InChI is InChI=1S/C28H42N4O2/c1-7-17-31(27(34)16-15-22-12-8-9-13-22)19-26(33)29-25-18-24(28(4,5)6)30-32(25)23-14-10-11-20(2)21(23)3/h10-11,14,18,22H,7-9,12-13,15-17,19H2,1-6H3,(H,29,33). The van der Waals surface area contributed by atoms with E-state index in [0.29, 0.717) is 24.7 Å². The average Bonchev–Trinajstić information content (AvgIpc) is 3.43. The number of aryl methyl sites for hydroxylation is 1. The third-order valence-corrected chi connectivity index (χ3v) is 6.97. The predicted molar refractivity (Wildman–Crippen MR) is 138 cm³/mol. The Bertz CT molecular complexity index is 996. The Morgan fingerprint density at radius 1 is 1.18 bits per heavy atom. The van der Waals surface area contributed by atoms with E-state index in [0.717, 1.165) is 29.8 Å². The Morgan fingerprint density at radius 3 is 2.53 bits per heavy atom. The molecule has 2 aromatic rings. The smallest absolute Gasteiger partial charge is 0.245 e. The molecule has 1 N–H and O–H groups in total. The number of amides is 2. The Morgan fingerprint density at radius 2 is 1.88 bits per heavy atom. The Kier molecular flexibility index (Phi) is 8.56. The van der Waals surface area contributed by atoms with Gasteiger partial charge < -0.3 is 10.2 Å². The largest absolute Gasteiger partial charge is 0.333 e. The highest BCUT2D eigenvalue weighted by molar-refractivity contribution is 5.94. The van der Waals surface area contributed by atoms with Crippen LogP contribution in [0.4, 0.5) is 5.82 Å². The van der Waals surface area contributed by atoms with Gasteiger partial charge in [-0.2, -0.15) is 5.10 Å². The first-order valence-corrected chi connectivity index (χ1v) is 12.8. The first-order valence-electron chi connectivity index (χ1n) is 12.8. The lowest BCUT2D eigenvalue weighted by atomic mass is 9.92. The summed E-state index contributed by atoms with van der Waals surface area (Å²) in [7, 11) is 0. The quantitative estimate of drug-likeness (QED) is 0.498. The highest BCUT2D eigenvalue weighted by atomic mass is 16.2. The number of carbonyl (C=O) groups is 2. The summed E-state index contributed by atoms with van der Waals surface area (Å²) in [6.07, 6.45) is 7.34. The highest BCUT2D eigenvalue weighted by Crippen LogP contribution is 2.29. The fourth-order valence-electron chi connectivity index (χ4n) is 4.69. The number of anilines is 1. The molecule has 1 aliphatic rings. The van der Waals surface area contributed by atoms with Gasteiger partial charge >= 0.3 is 0 Å². The third kappa shape index (κ3) is 6.49. The summed E-state index contributed by atoms with van der Waals surface area (Å²) in [6.45, 7) is 13.2. The molecule has 0 aliphatic heterocycles. The minimum Gasteiger partial charge on any atom is -0.333 e. The molecule has 186 valence electrons. The van der Waals surface area contributed by atoms with Gasteiger partial charge in [0.05, 0.1) is 17.9 Å². The highest BCUT2D eigenvalue weighted by Gasteiger charge is 2.24. The van der Waals surface area contributed by atoms with E-state index in [4.69, 9.17) is 5.10 Å². The van der Waals surface area contributed by atoms with E-state index in [2.05, 4.69) is 46.0 Å². The minimum absolute atomic E-state index is 0.0696. The fraction of sp³-hybridized carbons (Fsp3) is 0.607. The van der Waals surface area contributed by atoms with Crippen molar-refractivity contribution in [1.29, 1.82) is 0 Å². The van der Waals surface area contributed by atoms with E-state index in [-0.39, 0.29) is 23.8 Å². The van der Waals surface area contributed by atoms with Crippen LogP contribution in [0.2, 0.25) is 0 Å². The van der Waals surface area contributed by atoms with Crippen LogP contribution in [-0.4, -0.2) is 39.6 Å². The minimum atomic E-state index is -0.186. The molecule has 0 radical (unpaired) electrons. The molecule has 0 spiro atoms. The fourth-order valence-corrected chi connectivity index (χ4v) is 4.69. The van der Waals surface area contributed by atoms with Crippen LogP contribution in [0.1, 0.15) is 89.5 Å². The van der Waals surface area contributed by atoms with Gasteiger partial charge in [0, 0.05) is 24.4 Å². The summed E-state index contributed by atoms with van der Waals surface area (Å²) in [5.41, 5.74) is 3.99. The molecule has 1 fully saturated rings. The van der Waals surface area contributed by atoms with Crippen LogP contribution in [0.3, 0.4) is 0 Å². The molecule has 1 aromatic carbocycles. The van der Waals surface area contributed by atoms with Crippen molar-refractivity contribution in [3.05, 3.63) is 41.1 Å². The van der Waals surface area contributed by atoms with Crippen LogP contribution >= 0.6 is 0 Å². The summed E-state index contributed by atoms with van der Waals surface area (Å²) >= 11 is 0. The lowest BCUT2D eigenvalue weighted by Crippen LogP contribution is -2.38. The van der Waals surface area contributed by atoms with Crippen molar-refractivity contribution in [3.8, 4) is 5.69 Å². The number of carbonyl (C=O) groups excluding carboxylic acids is 2. The molecule has 0 bridgehead atoms. The third-order valence-electron chi connectivity index (χ3n) is 6.97. The molecule has 0 unspecified atom stereocenters. The number of hydrogen-bond acceptors (Lipinski definition) is 3. The molecule has 2 amide bonds. The number of nitrogens with zero attached hydrogens (tertiary/aromatic N) is 3. The first kappa shape index (κ1) is 26.0. The molecule has 34 heavy (non-hydrogen) atoms. The van der Waals surface area contributed by atoms with Gasteiger partial charge in [-0.3, -0.25) is 9.59 Å². The van der Waals surface area contributed by atoms with Gasteiger partial charge in [0.2, 0.25) is 11.8 Å². The normalized spacial score (nSPS) is 14.4. The summed E-state index contributed by atoms with van der Waals surface area (Å²) in [4.78, 5) is 27.7. The molecule has 1 aliphatic carbocycles. The molecule has 3 rings (SSSR count). The maximum atomic E-state index is 13.1. The number of benzene rings is 1. The van der Waals surface area contributed by atoms with E-state index < -0.39 is 0 Å². The van der Waals surface area contributed by atoms with Crippen LogP contribution in [0.25, 0.3) is 5.69 Å². The van der Waals surface area contributed by atoms with Gasteiger partial charge in [-0.25, -0.2) is 4.68 Å². The van der Waals surface area contributed by atoms with Crippen LogP contribution in [0.15, 0.2) is 24.3 Å². The zero-order chi connectivity index (χ0) is 24.9. The van der Waals surface area contributed by atoms with Crippen molar-refractivity contribution in [2.24, 2.45) is 5.92 Å². The Labute approximate surface area is 205 Å². The van der Waals surface area contributed by atoms with Gasteiger partial charge in [0.25, 0.3) is 0 Å². The van der Waals surface area contributed by atoms with Crippen molar-refractivity contribution in [2.75, 3.05) is 18.4 Å². The number of rotatable bonds is 9. The van der Waals surface area contributed by atoms with E-state index in [9.17, 15) is 9.59 Å². The molecule has 0 atom stereocenters. The maximum absolute atomic E-state index is 13.1. The molecular weight excluding hydrogens is 424 g/mol. The Hall–Kier alpha value is -2.63. The second-order valence-electron chi connectivity index (χ2n) is 10.8. The maximum Gasteiger partial charge on any atom is 0.245 e. The molecule has 1 heterocycles. The average molecular weight is 467 g/mol. The van der Waals surface area contributed by atoms with Crippen LogP contribution < -0.4 is 5.32 Å². The number of aromatic nitrogens is 2. The SMILES string of the molecule is CCCN(CC(=O)Nc1cc(C(C)(C)C)nn1-c1cccc(C)c1C)C(=O)CCC1CCCC1. The van der Waals surface area contributed by atoms with E-state index >= 15 is 0 Å². The van der Waals surface area contributed by atoms with E-state index in [1.54, 1.807) is 4.90 Å². The van der Waals surface area contributed by atoms with Gasteiger partial charge in [-0.15, -0.1) is 0 Å². The van der Waals surface area contributed by atoms with Gasteiger partial charge in [-0.1, -0.05) is 65.5 Å². The number of nitrogens with one attached hydrogen (secondary N) is 1. The summed E-state index contributed by atoms with van der Waals surface area (Å²) in [5, 5.41) is 7.91. The van der Waals surface area contributed by atoms with Crippen molar-refractivity contribution in [2.45, 2.75) is 91.9 Å². The van der Waals surface area contributed by atoms with Crippen LogP contribution in [0, 0.1) is 19.8 Å². The zero-order valence-electron chi connectivity index (χ0n) is 21.9. The van der Waals surface area contributed by atoms with Gasteiger partial charge in [-0.05, 0) is 49.8 Å². The first-order chi connectivity index (χ1) is 16.1. The van der Waals surface area contributed by atoms with Crippen molar-refractivity contribution >= 4 is 17.6 Å². The van der Waals surface area contributed by atoms with E-state index in [1.807, 2.05) is 29.8 Å². The summed E-state index contributed by atoms with van der Waals surface area (Å²) in [6, 6.07) is 8.05. The molecule has 6 heteroatoms. The van der Waals surface area contributed by atoms with Gasteiger partial charge in [0.15, 0.2) is 0 Å². The monoisotopic (exact) mass is 466 g/mol. The van der Waals surface area contributed by atoms with E-state index in [1.165, 1.54) is 31.2 Å². The molecule has 1 aromatic heterocycles.